The zero-order valence-corrected chi connectivity index (χ0v) is 16.8. The molecule has 2 fully saturated rings. The lowest BCUT2D eigenvalue weighted by Gasteiger charge is -2.42. The first-order chi connectivity index (χ1) is 10.8. The standard InChI is InChI=1S/C21H36O3/c1-9-10-18(3,4)23-24-19(5,6)11-12-21(22)14-16-13-17(21)15(2)20(16,7)8/h15-17,22H,9-10,13-14H2,1-8H3/t15-,16+,17-,21-/m0/s1. The van der Waals surface area contributed by atoms with Crippen LogP contribution >= 0.6 is 0 Å². The summed E-state index contributed by atoms with van der Waals surface area (Å²) in [6.45, 7) is 16.9. The van der Waals surface area contributed by atoms with Crippen molar-refractivity contribution in [2.75, 3.05) is 0 Å². The van der Waals surface area contributed by atoms with Gasteiger partial charge in [0.1, 0.15) is 5.60 Å². The van der Waals surface area contributed by atoms with Crippen molar-refractivity contribution in [3.63, 3.8) is 0 Å². The van der Waals surface area contributed by atoms with Crippen LogP contribution in [0.4, 0.5) is 0 Å². The summed E-state index contributed by atoms with van der Waals surface area (Å²) in [7, 11) is 0. The average Bonchev–Trinajstić information content (AvgIpc) is 2.91. The molecule has 0 aliphatic heterocycles. The maximum atomic E-state index is 11.1. The minimum absolute atomic E-state index is 0.262. The van der Waals surface area contributed by atoms with Crippen molar-refractivity contribution in [1.82, 2.24) is 0 Å². The fraction of sp³-hybridized carbons (Fsp3) is 0.905. The van der Waals surface area contributed by atoms with Crippen LogP contribution in [-0.2, 0) is 9.78 Å². The van der Waals surface area contributed by atoms with Crippen LogP contribution in [0.5, 0.6) is 0 Å². The van der Waals surface area contributed by atoms with Gasteiger partial charge in [-0.1, -0.05) is 46.0 Å². The lowest BCUT2D eigenvalue weighted by atomic mass is 9.64. The van der Waals surface area contributed by atoms with Crippen LogP contribution in [0, 0.1) is 35.0 Å². The zero-order valence-electron chi connectivity index (χ0n) is 16.8. The predicted octanol–water partition coefficient (Wildman–Crippen LogP) is 4.73. The van der Waals surface area contributed by atoms with Crippen LogP contribution in [0.25, 0.3) is 0 Å². The van der Waals surface area contributed by atoms with Crippen LogP contribution < -0.4 is 0 Å². The van der Waals surface area contributed by atoms with E-state index in [9.17, 15) is 5.11 Å². The Bertz CT molecular complexity index is 519. The van der Waals surface area contributed by atoms with Gasteiger partial charge in [0, 0.05) is 5.92 Å². The molecule has 0 amide bonds. The Morgan fingerprint density at radius 2 is 1.79 bits per heavy atom. The molecule has 0 spiro atoms. The average molecular weight is 337 g/mol. The van der Waals surface area contributed by atoms with E-state index in [4.69, 9.17) is 9.78 Å². The van der Waals surface area contributed by atoms with Gasteiger partial charge < -0.3 is 5.11 Å². The molecular weight excluding hydrogens is 300 g/mol. The highest BCUT2D eigenvalue weighted by Gasteiger charge is 2.61. The van der Waals surface area contributed by atoms with Gasteiger partial charge >= 0.3 is 0 Å². The van der Waals surface area contributed by atoms with Crippen molar-refractivity contribution >= 4 is 0 Å². The van der Waals surface area contributed by atoms with Gasteiger partial charge in [-0.3, -0.25) is 0 Å². The number of fused-ring (bicyclic) bond motifs is 2. The highest BCUT2D eigenvalue weighted by Crippen LogP contribution is 2.62. The van der Waals surface area contributed by atoms with E-state index in [2.05, 4.69) is 39.5 Å². The van der Waals surface area contributed by atoms with Crippen molar-refractivity contribution in [3.8, 4) is 11.8 Å². The Hall–Kier alpha value is -0.560. The molecule has 2 bridgehead atoms. The summed E-state index contributed by atoms with van der Waals surface area (Å²) in [5.41, 5.74) is -1.63. The number of hydrogen-bond acceptors (Lipinski definition) is 3. The third-order valence-corrected chi connectivity index (χ3v) is 6.45. The normalized spacial score (nSPS) is 35.0. The first-order valence-electron chi connectivity index (χ1n) is 9.46. The van der Waals surface area contributed by atoms with Crippen LogP contribution in [0.2, 0.25) is 0 Å². The topological polar surface area (TPSA) is 38.7 Å². The first kappa shape index (κ1) is 19.8. The van der Waals surface area contributed by atoms with Gasteiger partial charge in [0.15, 0.2) is 5.60 Å². The van der Waals surface area contributed by atoms with E-state index < -0.39 is 11.2 Å². The summed E-state index contributed by atoms with van der Waals surface area (Å²) < 4.78 is 0. The molecule has 1 N–H and O–H groups in total. The van der Waals surface area contributed by atoms with Crippen LogP contribution in [0.1, 0.15) is 81.1 Å². The molecular formula is C21H36O3. The molecule has 3 heteroatoms. The van der Waals surface area contributed by atoms with E-state index in [0.29, 0.717) is 17.3 Å². The number of aliphatic hydroxyl groups is 1. The quantitative estimate of drug-likeness (QED) is 0.448. The molecule has 0 radical (unpaired) electrons. The molecule has 2 aliphatic carbocycles. The van der Waals surface area contributed by atoms with Gasteiger partial charge in [0.05, 0.1) is 5.60 Å². The van der Waals surface area contributed by atoms with Crippen molar-refractivity contribution in [1.29, 1.82) is 0 Å². The van der Waals surface area contributed by atoms with Crippen molar-refractivity contribution in [2.24, 2.45) is 23.2 Å². The van der Waals surface area contributed by atoms with Gasteiger partial charge in [-0.2, -0.15) is 0 Å². The predicted molar refractivity (Wildman–Crippen MR) is 97.1 cm³/mol. The minimum Gasteiger partial charge on any atom is -0.377 e. The molecule has 2 rings (SSSR count). The smallest absolute Gasteiger partial charge is 0.158 e. The van der Waals surface area contributed by atoms with Gasteiger partial charge in [0.25, 0.3) is 0 Å². The van der Waals surface area contributed by atoms with Gasteiger partial charge in [-0.05, 0) is 64.2 Å². The summed E-state index contributed by atoms with van der Waals surface area (Å²) in [4.78, 5) is 11.2. The summed E-state index contributed by atoms with van der Waals surface area (Å²) in [6, 6.07) is 0. The van der Waals surface area contributed by atoms with E-state index in [1.165, 1.54) is 0 Å². The fourth-order valence-corrected chi connectivity index (χ4v) is 4.47. The monoisotopic (exact) mass is 336 g/mol. The highest BCUT2D eigenvalue weighted by molar-refractivity contribution is 5.27. The third kappa shape index (κ3) is 3.82. The summed E-state index contributed by atoms with van der Waals surface area (Å²) in [5, 5.41) is 11.1. The van der Waals surface area contributed by atoms with Crippen molar-refractivity contribution < 1.29 is 14.9 Å². The summed E-state index contributed by atoms with van der Waals surface area (Å²) in [5.74, 6) is 7.61. The molecule has 0 saturated heterocycles. The Kier molecular flexibility index (Phi) is 5.19. The van der Waals surface area contributed by atoms with Gasteiger partial charge in [-0.15, -0.1) is 0 Å². The Balaban J connectivity index is 2.04. The SMILES string of the molecule is CCCC(C)(C)OOC(C)(C)C#C[C@]1(O)C[C@H]2C[C@H]1[C@H](C)C2(C)C. The molecule has 2 aliphatic rings. The van der Waals surface area contributed by atoms with Gasteiger partial charge in [-0.25, -0.2) is 9.78 Å². The van der Waals surface area contributed by atoms with E-state index >= 15 is 0 Å². The zero-order chi connectivity index (χ0) is 18.4. The van der Waals surface area contributed by atoms with E-state index in [0.717, 1.165) is 25.7 Å². The Morgan fingerprint density at radius 1 is 1.17 bits per heavy atom. The molecule has 24 heavy (non-hydrogen) atoms. The molecule has 0 heterocycles. The second-order valence-electron chi connectivity index (χ2n) is 9.71. The van der Waals surface area contributed by atoms with Crippen LogP contribution in [0.3, 0.4) is 0 Å². The Morgan fingerprint density at radius 3 is 2.29 bits per heavy atom. The molecule has 0 aromatic rings. The third-order valence-electron chi connectivity index (χ3n) is 6.45. The van der Waals surface area contributed by atoms with E-state index in [1.54, 1.807) is 0 Å². The van der Waals surface area contributed by atoms with E-state index in [-0.39, 0.29) is 11.5 Å². The second kappa shape index (κ2) is 6.31. The summed E-state index contributed by atoms with van der Waals surface area (Å²) in [6.07, 6.45) is 3.83. The second-order valence-corrected chi connectivity index (χ2v) is 9.71. The summed E-state index contributed by atoms with van der Waals surface area (Å²) >= 11 is 0. The fourth-order valence-electron chi connectivity index (χ4n) is 4.47. The molecule has 0 unspecified atom stereocenters. The minimum atomic E-state index is -0.876. The lowest BCUT2D eigenvalue weighted by Crippen LogP contribution is -2.44. The maximum Gasteiger partial charge on any atom is 0.158 e. The van der Waals surface area contributed by atoms with Crippen LogP contribution in [-0.4, -0.2) is 21.9 Å². The molecule has 4 atom stereocenters. The Labute approximate surface area is 148 Å². The lowest BCUT2D eigenvalue weighted by molar-refractivity contribution is -0.389. The van der Waals surface area contributed by atoms with Crippen LogP contribution in [0.15, 0.2) is 0 Å². The molecule has 2 saturated carbocycles. The van der Waals surface area contributed by atoms with E-state index in [1.807, 2.05) is 27.7 Å². The number of rotatable bonds is 5. The first-order valence-corrected chi connectivity index (χ1v) is 9.46. The maximum absolute atomic E-state index is 11.1. The van der Waals surface area contributed by atoms with Crippen molar-refractivity contribution in [2.45, 2.75) is 97.9 Å². The highest BCUT2D eigenvalue weighted by atomic mass is 17.2. The largest absolute Gasteiger partial charge is 0.377 e. The van der Waals surface area contributed by atoms with Crippen molar-refractivity contribution in [3.05, 3.63) is 0 Å². The molecule has 0 aromatic carbocycles. The molecule has 138 valence electrons. The number of hydrogen-bond donors (Lipinski definition) is 1. The van der Waals surface area contributed by atoms with Gasteiger partial charge in [0.2, 0.25) is 0 Å². The molecule has 0 aromatic heterocycles. The molecule has 3 nitrogen and oxygen atoms in total.